The zero-order valence-electron chi connectivity index (χ0n) is 12.1. The Labute approximate surface area is 124 Å². The number of nitrogens with one attached hydrogen (secondary N) is 1. The van der Waals surface area contributed by atoms with Gasteiger partial charge in [0, 0.05) is 27.9 Å². The summed E-state index contributed by atoms with van der Waals surface area (Å²) >= 11 is 1.98. The first-order valence-corrected chi connectivity index (χ1v) is 8.06. The van der Waals surface area contributed by atoms with Crippen molar-refractivity contribution < 1.29 is 4.74 Å². The third-order valence-electron chi connectivity index (χ3n) is 3.99. The molecule has 0 spiro atoms. The quantitative estimate of drug-likeness (QED) is 0.894. The van der Waals surface area contributed by atoms with Gasteiger partial charge in [0.15, 0.2) is 0 Å². The lowest BCUT2D eigenvalue weighted by molar-refractivity contribution is 0.401. The van der Waals surface area contributed by atoms with E-state index in [-0.39, 0.29) is 0 Å². The van der Waals surface area contributed by atoms with Gasteiger partial charge in [-0.1, -0.05) is 18.2 Å². The molecule has 1 aromatic carbocycles. The molecule has 106 valence electrons. The molecule has 1 atom stereocenters. The van der Waals surface area contributed by atoms with Gasteiger partial charge in [0.2, 0.25) is 0 Å². The summed E-state index contributed by atoms with van der Waals surface area (Å²) < 4.78 is 5.43. The van der Waals surface area contributed by atoms with Crippen LogP contribution in [0.1, 0.15) is 40.3 Å². The second-order valence-corrected chi connectivity index (χ2v) is 6.58. The highest BCUT2D eigenvalue weighted by Crippen LogP contribution is 2.31. The van der Waals surface area contributed by atoms with E-state index < -0.39 is 0 Å². The Morgan fingerprint density at radius 2 is 2.15 bits per heavy atom. The Morgan fingerprint density at radius 3 is 2.95 bits per heavy atom. The highest BCUT2D eigenvalue weighted by molar-refractivity contribution is 7.12. The second kappa shape index (κ2) is 5.98. The van der Waals surface area contributed by atoms with Gasteiger partial charge in [-0.15, -0.1) is 11.3 Å². The number of rotatable bonds is 5. The molecule has 0 aliphatic heterocycles. The SMILES string of the molecule is COc1ccccc1C(C)NCc1cc2c(s1)CCC2. The minimum atomic E-state index is 0.295. The molecule has 0 saturated heterocycles. The number of ether oxygens (including phenoxy) is 1. The second-order valence-electron chi connectivity index (χ2n) is 5.36. The number of fused-ring (bicyclic) bond motifs is 1. The van der Waals surface area contributed by atoms with Crippen molar-refractivity contribution in [3.8, 4) is 5.75 Å². The van der Waals surface area contributed by atoms with Gasteiger partial charge in [-0.05, 0) is 43.9 Å². The number of aryl methyl sites for hydroxylation is 2. The third kappa shape index (κ3) is 2.74. The predicted molar refractivity (Wildman–Crippen MR) is 84.6 cm³/mol. The lowest BCUT2D eigenvalue weighted by Crippen LogP contribution is -2.18. The van der Waals surface area contributed by atoms with E-state index in [2.05, 4.69) is 30.4 Å². The van der Waals surface area contributed by atoms with Crippen LogP contribution in [0.4, 0.5) is 0 Å². The first kappa shape index (κ1) is 13.7. The zero-order chi connectivity index (χ0) is 13.9. The number of hydrogen-bond acceptors (Lipinski definition) is 3. The number of para-hydroxylation sites is 1. The van der Waals surface area contributed by atoms with Gasteiger partial charge in [-0.25, -0.2) is 0 Å². The van der Waals surface area contributed by atoms with E-state index in [1.165, 1.54) is 29.7 Å². The molecule has 1 aliphatic carbocycles. The molecule has 1 N–H and O–H groups in total. The van der Waals surface area contributed by atoms with E-state index in [0.717, 1.165) is 12.3 Å². The van der Waals surface area contributed by atoms with Crippen LogP contribution in [0, 0.1) is 0 Å². The van der Waals surface area contributed by atoms with Crippen molar-refractivity contribution in [1.82, 2.24) is 5.32 Å². The molecule has 0 radical (unpaired) electrons. The molecule has 1 unspecified atom stereocenters. The van der Waals surface area contributed by atoms with E-state index in [1.807, 2.05) is 23.5 Å². The summed E-state index contributed by atoms with van der Waals surface area (Å²) in [7, 11) is 1.73. The summed E-state index contributed by atoms with van der Waals surface area (Å²) in [5.74, 6) is 0.959. The van der Waals surface area contributed by atoms with Crippen LogP contribution >= 0.6 is 11.3 Å². The molecule has 0 amide bonds. The molecule has 1 aliphatic rings. The van der Waals surface area contributed by atoms with Crippen LogP contribution in [0.3, 0.4) is 0 Å². The molecule has 3 heteroatoms. The van der Waals surface area contributed by atoms with Gasteiger partial charge < -0.3 is 10.1 Å². The van der Waals surface area contributed by atoms with Crippen LogP contribution < -0.4 is 10.1 Å². The average molecular weight is 287 g/mol. The van der Waals surface area contributed by atoms with Gasteiger partial charge in [0.05, 0.1) is 7.11 Å². The van der Waals surface area contributed by atoms with Crippen LogP contribution in [0.5, 0.6) is 5.75 Å². The van der Waals surface area contributed by atoms with Crippen molar-refractivity contribution in [2.75, 3.05) is 7.11 Å². The summed E-state index contributed by atoms with van der Waals surface area (Å²) in [5, 5.41) is 3.61. The number of thiophene rings is 1. The van der Waals surface area contributed by atoms with E-state index in [4.69, 9.17) is 4.74 Å². The van der Waals surface area contributed by atoms with E-state index in [1.54, 1.807) is 17.6 Å². The normalized spacial score (nSPS) is 15.1. The van der Waals surface area contributed by atoms with Crippen LogP contribution in [0.2, 0.25) is 0 Å². The molecule has 0 fully saturated rings. The first-order valence-electron chi connectivity index (χ1n) is 7.24. The van der Waals surface area contributed by atoms with Crippen LogP contribution in [-0.4, -0.2) is 7.11 Å². The van der Waals surface area contributed by atoms with Gasteiger partial charge >= 0.3 is 0 Å². The van der Waals surface area contributed by atoms with Crippen molar-refractivity contribution in [3.05, 3.63) is 51.2 Å². The maximum atomic E-state index is 5.43. The number of hydrogen-bond donors (Lipinski definition) is 1. The topological polar surface area (TPSA) is 21.3 Å². The third-order valence-corrected chi connectivity index (χ3v) is 5.22. The Morgan fingerprint density at radius 1 is 1.30 bits per heavy atom. The fourth-order valence-electron chi connectivity index (χ4n) is 2.87. The van der Waals surface area contributed by atoms with Crippen molar-refractivity contribution in [2.24, 2.45) is 0 Å². The van der Waals surface area contributed by atoms with E-state index in [0.29, 0.717) is 6.04 Å². The summed E-state index contributed by atoms with van der Waals surface area (Å²) in [6.45, 7) is 3.13. The van der Waals surface area contributed by atoms with Crippen molar-refractivity contribution in [2.45, 2.75) is 38.8 Å². The molecule has 0 bridgehead atoms. The zero-order valence-corrected chi connectivity index (χ0v) is 12.9. The largest absolute Gasteiger partial charge is 0.496 e. The first-order chi connectivity index (χ1) is 9.78. The minimum Gasteiger partial charge on any atom is -0.496 e. The minimum absolute atomic E-state index is 0.295. The Kier molecular flexibility index (Phi) is 4.08. The van der Waals surface area contributed by atoms with Crippen molar-refractivity contribution in [1.29, 1.82) is 0 Å². The fourth-order valence-corrected chi connectivity index (χ4v) is 4.08. The average Bonchev–Trinajstić information content (AvgIpc) is 3.05. The lowest BCUT2D eigenvalue weighted by atomic mass is 10.1. The summed E-state index contributed by atoms with van der Waals surface area (Å²) in [6.07, 6.45) is 3.89. The molecule has 3 rings (SSSR count). The van der Waals surface area contributed by atoms with Gasteiger partial charge in [-0.3, -0.25) is 0 Å². The smallest absolute Gasteiger partial charge is 0.123 e. The monoisotopic (exact) mass is 287 g/mol. The van der Waals surface area contributed by atoms with Crippen molar-refractivity contribution in [3.63, 3.8) is 0 Å². The van der Waals surface area contributed by atoms with Crippen LogP contribution in [0.25, 0.3) is 0 Å². The predicted octanol–water partition coefficient (Wildman–Crippen LogP) is 4.10. The van der Waals surface area contributed by atoms with Gasteiger partial charge in [0.1, 0.15) is 5.75 Å². The Balaban J connectivity index is 1.65. The number of benzene rings is 1. The van der Waals surface area contributed by atoms with Crippen molar-refractivity contribution >= 4 is 11.3 Å². The molecule has 1 aromatic heterocycles. The lowest BCUT2D eigenvalue weighted by Gasteiger charge is -2.16. The van der Waals surface area contributed by atoms with Gasteiger partial charge in [-0.2, -0.15) is 0 Å². The van der Waals surface area contributed by atoms with Gasteiger partial charge in [0.25, 0.3) is 0 Å². The molecule has 20 heavy (non-hydrogen) atoms. The van der Waals surface area contributed by atoms with E-state index >= 15 is 0 Å². The molecule has 0 saturated carbocycles. The number of methoxy groups -OCH3 is 1. The van der Waals surface area contributed by atoms with E-state index in [9.17, 15) is 0 Å². The maximum Gasteiger partial charge on any atom is 0.123 e. The highest BCUT2D eigenvalue weighted by Gasteiger charge is 2.15. The molecule has 1 heterocycles. The fraction of sp³-hybridized carbons (Fsp3) is 0.412. The highest BCUT2D eigenvalue weighted by atomic mass is 32.1. The summed E-state index contributed by atoms with van der Waals surface area (Å²) in [5.41, 5.74) is 2.80. The summed E-state index contributed by atoms with van der Waals surface area (Å²) in [4.78, 5) is 3.06. The summed E-state index contributed by atoms with van der Waals surface area (Å²) in [6, 6.07) is 10.9. The maximum absolute atomic E-state index is 5.43. The Bertz CT molecular complexity index is 569. The molecular formula is C17H21NOS. The standard InChI is InChI=1S/C17H21NOS/c1-12(15-7-3-4-8-16(15)19-2)18-11-14-10-13-6-5-9-17(13)20-14/h3-4,7-8,10,12,18H,5-6,9,11H2,1-2H3. The van der Waals surface area contributed by atoms with Crippen LogP contribution in [-0.2, 0) is 19.4 Å². The molecule has 2 aromatic rings. The van der Waals surface area contributed by atoms with Crippen LogP contribution in [0.15, 0.2) is 30.3 Å². The molecule has 2 nitrogen and oxygen atoms in total. The molecular weight excluding hydrogens is 266 g/mol. The Hall–Kier alpha value is -1.32.